The molecule has 1 aliphatic rings. The van der Waals surface area contributed by atoms with Gasteiger partial charge in [0, 0.05) is 26.2 Å². The van der Waals surface area contributed by atoms with Gasteiger partial charge in [-0.1, -0.05) is 70.1 Å². The van der Waals surface area contributed by atoms with E-state index >= 15 is 0 Å². The molecule has 0 spiro atoms. The molecule has 1 fully saturated rings. The van der Waals surface area contributed by atoms with Crippen LogP contribution in [0.2, 0.25) is 25.1 Å². The van der Waals surface area contributed by atoms with E-state index in [1.807, 2.05) is 0 Å². The lowest BCUT2D eigenvalue weighted by Crippen LogP contribution is -2.54. The van der Waals surface area contributed by atoms with Crippen LogP contribution in [0.1, 0.15) is 16.7 Å². The molecule has 0 unspecified atom stereocenters. The van der Waals surface area contributed by atoms with Gasteiger partial charge in [-0.3, -0.25) is 14.9 Å². The minimum absolute atomic E-state index is 0.123. The van der Waals surface area contributed by atoms with E-state index in [2.05, 4.69) is 5.32 Å². The van der Waals surface area contributed by atoms with Crippen molar-refractivity contribution >= 4 is 87.6 Å². The number of carbonyl (C=O) groups is 3. The summed E-state index contributed by atoms with van der Waals surface area (Å²) in [4.78, 5) is 39.8. The van der Waals surface area contributed by atoms with Gasteiger partial charge < -0.3 is 9.47 Å². The van der Waals surface area contributed by atoms with Gasteiger partial charge >= 0.3 is 6.03 Å². The van der Waals surface area contributed by atoms with E-state index in [9.17, 15) is 14.4 Å². The fourth-order valence-corrected chi connectivity index (χ4v) is 5.06. The van der Waals surface area contributed by atoms with Crippen LogP contribution in [0.5, 0.6) is 11.5 Å². The van der Waals surface area contributed by atoms with Crippen LogP contribution in [0, 0.1) is 0 Å². The van der Waals surface area contributed by atoms with Gasteiger partial charge in [-0.25, -0.2) is 9.69 Å². The molecule has 5 rings (SSSR count). The van der Waals surface area contributed by atoms with Gasteiger partial charge in [0.15, 0.2) is 0 Å². The average molecular weight is 677 g/mol. The average Bonchev–Trinajstić information content (AvgIpc) is 2.96. The molecule has 4 aromatic carbocycles. The maximum Gasteiger partial charge on any atom is 0.335 e. The zero-order chi connectivity index (χ0) is 30.7. The quantitative estimate of drug-likeness (QED) is 0.149. The number of anilines is 1. The molecule has 0 atom stereocenters. The van der Waals surface area contributed by atoms with E-state index in [-0.39, 0.29) is 24.5 Å². The Morgan fingerprint density at radius 1 is 0.698 bits per heavy atom. The normalized spacial score (nSPS) is 14.2. The molecular formula is C31H19Cl5N2O5. The number of carbonyl (C=O) groups excluding carboxylic acids is 3. The molecule has 0 bridgehead atoms. The summed E-state index contributed by atoms with van der Waals surface area (Å²) in [6.07, 6.45) is 1.32. The van der Waals surface area contributed by atoms with Crippen LogP contribution >= 0.6 is 58.0 Å². The molecule has 0 radical (unpaired) electrons. The second-order valence-electron chi connectivity index (χ2n) is 9.20. The predicted molar refractivity (Wildman–Crippen MR) is 168 cm³/mol. The van der Waals surface area contributed by atoms with E-state index in [4.69, 9.17) is 67.5 Å². The van der Waals surface area contributed by atoms with E-state index in [1.54, 1.807) is 66.7 Å². The molecule has 218 valence electrons. The van der Waals surface area contributed by atoms with E-state index in [1.165, 1.54) is 18.2 Å². The molecule has 0 aromatic heterocycles. The zero-order valence-electron chi connectivity index (χ0n) is 21.9. The van der Waals surface area contributed by atoms with Crippen LogP contribution in [0.3, 0.4) is 0 Å². The first-order chi connectivity index (χ1) is 20.6. The number of nitrogens with one attached hydrogen (secondary N) is 1. The number of halogens is 5. The topological polar surface area (TPSA) is 84.9 Å². The summed E-state index contributed by atoms with van der Waals surface area (Å²) in [6.45, 7) is 0.299. The first kappa shape index (κ1) is 30.7. The van der Waals surface area contributed by atoms with Crippen molar-refractivity contribution in [3.05, 3.63) is 126 Å². The lowest BCUT2D eigenvalue weighted by Gasteiger charge is -2.26. The van der Waals surface area contributed by atoms with E-state index < -0.39 is 17.8 Å². The van der Waals surface area contributed by atoms with Gasteiger partial charge in [-0.05, 0) is 78.4 Å². The molecule has 43 heavy (non-hydrogen) atoms. The summed E-state index contributed by atoms with van der Waals surface area (Å²) in [5, 5.41) is 4.31. The van der Waals surface area contributed by atoms with Crippen molar-refractivity contribution in [3.63, 3.8) is 0 Å². The first-order valence-electron chi connectivity index (χ1n) is 12.5. The number of amides is 4. The van der Waals surface area contributed by atoms with Crippen LogP contribution in [-0.4, -0.2) is 17.8 Å². The number of barbiturate groups is 1. The highest BCUT2D eigenvalue weighted by atomic mass is 35.5. The zero-order valence-corrected chi connectivity index (χ0v) is 25.7. The van der Waals surface area contributed by atoms with Gasteiger partial charge in [0.1, 0.15) is 30.3 Å². The van der Waals surface area contributed by atoms with Crippen LogP contribution in [0.25, 0.3) is 6.08 Å². The second kappa shape index (κ2) is 13.3. The molecule has 7 nitrogen and oxygen atoms in total. The van der Waals surface area contributed by atoms with Crippen molar-refractivity contribution in [2.75, 3.05) is 4.90 Å². The van der Waals surface area contributed by atoms with Crippen LogP contribution in [0.4, 0.5) is 10.5 Å². The Labute approximate surface area is 271 Å². The van der Waals surface area contributed by atoms with Gasteiger partial charge in [0.2, 0.25) is 0 Å². The molecule has 4 aromatic rings. The Morgan fingerprint density at radius 3 is 2.14 bits per heavy atom. The highest BCUT2D eigenvalue weighted by Gasteiger charge is 2.37. The predicted octanol–water partition coefficient (Wildman–Crippen LogP) is 8.78. The molecule has 0 saturated carbocycles. The minimum atomic E-state index is -0.893. The van der Waals surface area contributed by atoms with E-state index in [0.29, 0.717) is 42.2 Å². The number of ether oxygens (including phenoxy) is 2. The summed E-state index contributed by atoms with van der Waals surface area (Å²) in [5.74, 6) is -0.879. The highest BCUT2D eigenvalue weighted by molar-refractivity contribution is 6.42. The van der Waals surface area contributed by atoms with Crippen molar-refractivity contribution in [1.29, 1.82) is 0 Å². The second-order valence-corrected chi connectivity index (χ2v) is 11.3. The van der Waals surface area contributed by atoms with Crippen molar-refractivity contribution < 1.29 is 23.9 Å². The molecule has 1 heterocycles. The SMILES string of the molecule is O=C1NC(=O)N(c2ccc(OCc3ccc(Cl)cc3Cl)cc2)C(=O)/C1=C/c1cc(Cl)ccc1OCc1ccc(Cl)c(Cl)c1. The standard InChI is InChI=1S/C31H19Cl5N2O5/c32-20-4-10-28(43-15-17-1-9-25(34)27(36)11-17)19(12-20)13-24-29(39)37-31(41)38(30(24)40)22-5-7-23(8-6-22)42-16-18-2-3-21(33)14-26(18)35/h1-14H,15-16H2,(H,37,39,41)/b24-13+. The summed E-state index contributed by atoms with van der Waals surface area (Å²) in [6, 6.07) is 20.2. The third-order valence-electron chi connectivity index (χ3n) is 6.26. The molecular weight excluding hydrogens is 658 g/mol. The Balaban J connectivity index is 1.35. The van der Waals surface area contributed by atoms with Crippen molar-refractivity contribution in [1.82, 2.24) is 5.32 Å². The largest absolute Gasteiger partial charge is 0.489 e. The summed E-state index contributed by atoms with van der Waals surface area (Å²) in [7, 11) is 0. The monoisotopic (exact) mass is 674 g/mol. The fourth-order valence-electron chi connectivity index (χ4n) is 4.09. The van der Waals surface area contributed by atoms with Crippen LogP contribution in [0.15, 0.2) is 84.4 Å². The minimum Gasteiger partial charge on any atom is -0.489 e. The van der Waals surface area contributed by atoms with Gasteiger partial charge in [-0.2, -0.15) is 0 Å². The maximum atomic E-state index is 13.5. The number of imide groups is 2. The maximum absolute atomic E-state index is 13.5. The summed E-state index contributed by atoms with van der Waals surface area (Å²) < 4.78 is 11.7. The smallest absolute Gasteiger partial charge is 0.335 e. The van der Waals surface area contributed by atoms with Gasteiger partial charge in [-0.15, -0.1) is 0 Å². The molecule has 1 saturated heterocycles. The Kier molecular flexibility index (Phi) is 9.49. The lowest BCUT2D eigenvalue weighted by atomic mass is 10.1. The number of hydrogen-bond donors (Lipinski definition) is 1. The summed E-state index contributed by atoms with van der Waals surface area (Å²) in [5.41, 5.74) is 1.76. The summed E-state index contributed by atoms with van der Waals surface area (Å²) >= 11 is 30.4. The molecule has 4 amide bonds. The Morgan fingerprint density at radius 2 is 1.42 bits per heavy atom. The third-order valence-corrected chi connectivity index (χ3v) is 7.82. The van der Waals surface area contributed by atoms with Crippen molar-refractivity contribution in [2.45, 2.75) is 13.2 Å². The molecule has 12 heteroatoms. The number of rotatable bonds is 8. The van der Waals surface area contributed by atoms with E-state index in [0.717, 1.165) is 16.0 Å². The number of urea groups is 1. The first-order valence-corrected chi connectivity index (χ1v) is 14.4. The van der Waals surface area contributed by atoms with Gasteiger partial charge in [0.25, 0.3) is 11.8 Å². The lowest BCUT2D eigenvalue weighted by molar-refractivity contribution is -0.122. The Bertz CT molecular complexity index is 1780. The van der Waals surface area contributed by atoms with Crippen molar-refractivity contribution in [2.24, 2.45) is 0 Å². The molecule has 0 aliphatic carbocycles. The molecule has 1 N–H and O–H groups in total. The van der Waals surface area contributed by atoms with Crippen LogP contribution < -0.4 is 19.7 Å². The van der Waals surface area contributed by atoms with Crippen LogP contribution in [-0.2, 0) is 22.8 Å². The Hall–Kier alpha value is -3.72. The number of nitrogens with zero attached hydrogens (tertiary/aromatic N) is 1. The van der Waals surface area contributed by atoms with Gasteiger partial charge in [0.05, 0.1) is 15.7 Å². The van der Waals surface area contributed by atoms with Crippen molar-refractivity contribution in [3.8, 4) is 11.5 Å². The molecule has 1 aliphatic heterocycles. The number of hydrogen-bond acceptors (Lipinski definition) is 5. The number of benzene rings is 4. The third kappa shape index (κ3) is 7.26. The highest BCUT2D eigenvalue weighted by Crippen LogP contribution is 2.30. The fraction of sp³-hybridized carbons (Fsp3) is 0.0645.